The number of aromatic amines is 1. The Morgan fingerprint density at radius 2 is 2.05 bits per heavy atom. The molecule has 19 heavy (non-hydrogen) atoms. The van der Waals surface area contributed by atoms with E-state index in [4.69, 9.17) is 0 Å². The van der Waals surface area contributed by atoms with E-state index in [1.165, 1.54) is 0 Å². The minimum atomic E-state index is -3.52. The van der Waals surface area contributed by atoms with Crippen molar-refractivity contribution in [3.8, 4) is 0 Å². The van der Waals surface area contributed by atoms with Crippen molar-refractivity contribution in [1.82, 2.24) is 20.2 Å². The Kier molecular flexibility index (Phi) is 5.96. The van der Waals surface area contributed by atoms with Gasteiger partial charge >= 0.3 is 0 Å². The zero-order valence-corrected chi connectivity index (χ0v) is 12.9. The maximum Gasteiger partial charge on any atom is 0.260 e. The summed E-state index contributed by atoms with van der Waals surface area (Å²) in [5.74, 6) is 0.581. The zero-order chi connectivity index (χ0) is 14.5. The highest BCUT2D eigenvalue weighted by atomic mass is 32.2. The van der Waals surface area contributed by atoms with E-state index in [-0.39, 0.29) is 5.03 Å². The SMILES string of the molecule is CNCc1c(S(=O)(=O)NCCCC(C)C)n[nH]c1C. The quantitative estimate of drug-likeness (QED) is 0.626. The van der Waals surface area contributed by atoms with Crippen LogP contribution in [-0.4, -0.2) is 32.2 Å². The molecule has 0 saturated heterocycles. The molecule has 3 N–H and O–H groups in total. The predicted octanol–water partition coefficient (Wildman–Crippen LogP) is 1.15. The van der Waals surface area contributed by atoms with Crippen LogP contribution in [0.1, 0.15) is 37.9 Å². The molecule has 0 aliphatic heterocycles. The second-order valence-corrected chi connectivity index (χ2v) is 6.78. The summed E-state index contributed by atoms with van der Waals surface area (Å²) in [4.78, 5) is 0. The highest BCUT2D eigenvalue weighted by Gasteiger charge is 2.22. The summed E-state index contributed by atoms with van der Waals surface area (Å²) in [7, 11) is -1.75. The number of sulfonamides is 1. The second kappa shape index (κ2) is 7.02. The number of hydrogen-bond acceptors (Lipinski definition) is 4. The van der Waals surface area contributed by atoms with Crippen LogP contribution >= 0.6 is 0 Å². The van der Waals surface area contributed by atoms with E-state index in [1.807, 2.05) is 6.92 Å². The molecule has 0 aliphatic carbocycles. The molecule has 0 fully saturated rings. The molecule has 0 aliphatic rings. The fourth-order valence-electron chi connectivity index (χ4n) is 1.82. The highest BCUT2D eigenvalue weighted by Crippen LogP contribution is 2.15. The normalized spacial score (nSPS) is 12.3. The molecule has 0 atom stereocenters. The fourth-order valence-corrected chi connectivity index (χ4v) is 3.09. The molecule has 0 saturated carbocycles. The van der Waals surface area contributed by atoms with E-state index in [0.29, 0.717) is 24.6 Å². The van der Waals surface area contributed by atoms with Gasteiger partial charge in [0, 0.05) is 24.3 Å². The van der Waals surface area contributed by atoms with Gasteiger partial charge in [-0.05, 0) is 32.7 Å². The Labute approximate surface area is 115 Å². The van der Waals surface area contributed by atoms with Gasteiger partial charge in [-0.2, -0.15) is 5.10 Å². The van der Waals surface area contributed by atoms with Gasteiger partial charge in [0.25, 0.3) is 10.0 Å². The second-order valence-electron chi connectivity index (χ2n) is 5.10. The van der Waals surface area contributed by atoms with Gasteiger partial charge in [-0.15, -0.1) is 0 Å². The van der Waals surface area contributed by atoms with Crippen LogP contribution in [0.2, 0.25) is 0 Å². The van der Waals surface area contributed by atoms with Crippen molar-refractivity contribution < 1.29 is 8.42 Å². The summed E-state index contributed by atoms with van der Waals surface area (Å²) < 4.78 is 26.9. The predicted molar refractivity (Wildman–Crippen MR) is 75.3 cm³/mol. The monoisotopic (exact) mass is 288 g/mol. The molecular weight excluding hydrogens is 264 g/mol. The van der Waals surface area contributed by atoms with E-state index >= 15 is 0 Å². The topological polar surface area (TPSA) is 86.9 Å². The number of nitrogens with zero attached hydrogens (tertiary/aromatic N) is 1. The summed E-state index contributed by atoms with van der Waals surface area (Å²) in [5, 5.41) is 9.69. The van der Waals surface area contributed by atoms with E-state index in [1.54, 1.807) is 7.05 Å². The summed E-state index contributed by atoms with van der Waals surface area (Å²) in [6.07, 6.45) is 1.84. The van der Waals surface area contributed by atoms with Gasteiger partial charge in [-0.3, -0.25) is 5.10 Å². The van der Waals surface area contributed by atoms with Crippen LogP contribution in [0.25, 0.3) is 0 Å². The van der Waals surface area contributed by atoms with Crippen LogP contribution in [0.4, 0.5) is 0 Å². The van der Waals surface area contributed by atoms with Crippen molar-refractivity contribution >= 4 is 10.0 Å². The van der Waals surface area contributed by atoms with E-state index in [2.05, 4.69) is 34.1 Å². The summed E-state index contributed by atoms with van der Waals surface area (Å²) in [6, 6.07) is 0. The molecule has 0 aromatic carbocycles. The molecule has 1 heterocycles. The Morgan fingerprint density at radius 3 is 2.63 bits per heavy atom. The first-order valence-corrected chi connectivity index (χ1v) is 8.05. The van der Waals surface area contributed by atoms with E-state index < -0.39 is 10.0 Å². The smallest absolute Gasteiger partial charge is 0.260 e. The largest absolute Gasteiger partial charge is 0.316 e. The molecule has 0 spiro atoms. The van der Waals surface area contributed by atoms with Crippen LogP contribution < -0.4 is 10.0 Å². The third-order valence-electron chi connectivity index (χ3n) is 2.89. The first-order chi connectivity index (χ1) is 8.88. The average molecular weight is 288 g/mol. The maximum absolute atomic E-state index is 12.2. The van der Waals surface area contributed by atoms with Crippen LogP contribution in [0.3, 0.4) is 0 Å². The Hall–Kier alpha value is -0.920. The Morgan fingerprint density at radius 1 is 1.37 bits per heavy atom. The maximum atomic E-state index is 12.2. The summed E-state index contributed by atoms with van der Waals surface area (Å²) >= 11 is 0. The molecule has 0 bridgehead atoms. The van der Waals surface area contributed by atoms with Crippen molar-refractivity contribution in [2.24, 2.45) is 5.92 Å². The molecule has 110 valence electrons. The number of aromatic nitrogens is 2. The molecule has 0 amide bonds. The Balaban J connectivity index is 2.72. The highest BCUT2D eigenvalue weighted by molar-refractivity contribution is 7.89. The Bertz CT molecular complexity index is 494. The van der Waals surface area contributed by atoms with Crippen LogP contribution in [0.15, 0.2) is 5.03 Å². The number of rotatable bonds is 8. The first kappa shape index (κ1) is 16.1. The molecule has 0 radical (unpaired) electrons. The number of hydrogen-bond donors (Lipinski definition) is 3. The molecule has 7 heteroatoms. The average Bonchev–Trinajstić information content (AvgIpc) is 2.68. The van der Waals surface area contributed by atoms with Crippen molar-refractivity contribution in [3.63, 3.8) is 0 Å². The lowest BCUT2D eigenvalue weighted by atomic mass is 10.1. The lowest BCUT2D eigenvalue weighted by Gasteiger charge is -2.08. The first-order valence-electron chi connectivity index (χ1n) is 6.56. The van der Waals surface area contributed by atoms with Crippen LogP contribution in [-0.2, 0) is 16.6 Å². The fraction of sp³-hybridized carbons (Fsp3) is 0.750. The van der Waals surface area contributed by atoms with Crippen molar-refractivity contribution in [2.45, 2.75) is 45.2 Å². The lowest BCUT2D eigenvalue weighted by molar-refractivity contribution is 0.538. The molecule has 1 rings (SSSR count). The van der Waals surface area contributed by atoms with Gasteiger partial charge < -0.3 is 5.32 Å². The molecule has 1 aromatic rings. The molecule has 1 aromatic heterocycles. The van der Waals surface area contributed by atoms with Crippen molar-refractivity contribution in [1.29, 1.82) is 0 Å². The van der Waals surface area contributed by atoms with Gasteiger partial charge in [0.2, 0.25) is 0 Å². The van der Waals surface area contributed by atoms with Crippen molar-refractivity contribution in [3.05, 3.63) is 11.3 Å². The number of nitrogens with one attached hydrogen (secondary N) is 3. The summed E-state index contributed by atoms with van der Waals surface area (Å²) in [5.41, 5.74) is 1.47. The van der Waals surface area contributed by atoms with Gasteiger partial charge in [-0.1, -0.05) is 13.8 Å². The van der Waals surface area contributed by atoms with E-state index in [9.17, 15) is 8.42 Å². The van der Waals surface area contributed by atoms with Gasteiger partial charge in [0.15, 0.2) is 5.03 Å². The van der Waals surface area contributed by atoms with Crippen molar-refractivity contribution in [2.75, 3.05) is 13.6 Å². The number of aryl methyl sites for hydroxylation is 1. The van der Waals surface area contributed by atoms with Crippen LogP contribution in [0.5, 0.6) is 0 Å². The van der Waals surface area contributed by atoms with Gasteiger partial charge in [-0.25, -0.2) is 13.1 Å². The summed E-state index contributed by atoms with van der Waals surface area (Å²) in [6.45, 7) is 6.99. The van der Waals surface area contributed by atoms with Gasteiger partial charge in [0.05, 0.1) is 0 Å². The van der Waals surface area contributed by atoms with Crippen LogP contribution in [0, 0.1) is 12.8 Å². The number of H-pyrrole nitrogens is 1. The molecule has 0 unspecified atom stereocenters. The zero-order valence-electron chi connectivity index (χ0n) is 12.1. The minimum absolute atomic E-state index is 0.101. The lowest BCUT2D eigenvalue weighted by Crippen LogP contribution is -2.27. The van der Waals surface area contributed by atoms with Gasteiger partial charge in [0.1, 0.15) is 0 Å². The third kappa shape index (κ3) is 4.59. The third-order valence-corrected chi connectivity index (χ3v) is 4.33. The van der Waals surface area contributed by atoms with E-state index in [0.717, 1.165) is 18.5 Å². The molecule has 6 nitrogen and oxygen atoms in total. The molecular formula is C12H24N4O2S. The standard InChI is InChI=1S/C12H24N4O2S/c1-9(2)6-5-7-14-19(17,18)12-11(8-13-4)10(3)15-16-12/h9,13-14H,5-8H2,1-4H3,(H,15,16). The minimum Gasteiger partial charge on any atom is -0.316 e.